The molecule has 0 N–H and O–H groups in total. The number of ether oxygens (including phenoxy) is 4. The molecule has 2 atom stereocenters. The van der Waals surface area contributed by atoms with Crippen LogP contribution in [0, 0.1) is 0 Å². The number of unbranched alkanes of at least 4 members (excludes halogenated alkanes) is 14. The zero-order valence-electron chi connectivity index (χ0n) is 22.1. The molecule has 6 heteroatoms. The normalized spacial score (nSPS) is 18.9. The molecule has 2 aliphatic rings. The smallest absolute Gasteiger partial charge is 0.222 e. The van der Waals surface area contributed by atoms with Crippen LogP contribution in [0.3, 0.4) is 0 Å². The van der Waals surface area contributed by atoms with E-state index in [-0.39, 0.29) is 18.1 Å². The van der Waals surface area contributed by atoms with E-state index in [0.717, 1.165) is 26.1 Å². The number of nitrogens with zero attached hydrogens (tertiary/aromatic N) is 1. The summed E-state index contributed by atoms with van der Waals surface area (Å²) >= 11 is 0. The molecular formula is C28H53NO5. The van der Waals surface area contributed by atoms with E-state index in [1.54, 1.807) is 0 Å². The standard InChI is InChI=1S/C28H53NO5/c1-2-3-4-5-6-7-8-9-10-11-12-13-14-15-16-17-28(30)29(18-20-31-22-26-24-33-26)19-21-32-23-27-25-34-27/h26-27H,2-25H2,1H3. The Morgan fingerprint density at radius 1 is 0.676 bits per heavy atom. The average Bonchev–Trinajstić information content (AvgIpc) is 3.76. The predicted octanol–water partition coefficient (Wildman–Crippen LogP) is 5.91. The van der Waals surface area contributed by atoms with Crippen LogP contribution in [-0.4, -0.2) is 75.7 Å². The molecule has 0 radical (unpaired) electrons. The number of hydrogen-bond acceptors (Lipinski definition) is 5. The van der Waals surface area contributed by atoms with Gasteiger partial charge in [-0.05, 0) is 6.42 Å². The number of carbonyl (C=O) groups is 1. The number of amides is 1. The maximum Gasteiger partial charge on any atom is 0.222 e. The third-order valence-electron chi connectivity index (χ3n) is 6.77. The van der Waals surface area contributed by atoms with Gasteiger partial charge >= 0.3 is 0 Å². The highest BCUT2D eigenvalue weighted by molar-refractivity contribution is 5.76. The predicted molar refractivity (Wildman–Crippen MR) is 137 cm³/mol. The Morgan fingerprint density at radius 3 is 1.44 bits per heavy atom. The van der Waals surface area contributed by atoms with Crippen molar-refractivity contribution < 1.29 is 23.7 Å². The van der Waals surface area contributed by atoms with E-state index in [9.17, 15) is 4.79 Å². The number of carbonyl (C=O) groups excluding carboxylic acids is 1. The monoisotopic (exact) mass is 483 g/mol. The molecule has 2 unspecified atom stereocenters. The number of epoxide rings is 2. The summed E-state index contributed by atoms with van der Waals surface area (Å²) in [4.78, 5) is 14.6. The summed E-state index contributed by atoms with van der Waals surface area (Å²) in [5, 5.41) is 0. The van der Waals surface area contributed by atoms with E-state index in [4.69, 9.17) is 18.9 Å². The molecule has 0 bridgehead atoms. The van der Waals surface area contributed by atoms with Gasteiger partial charge < -0.3 is 23.8 Å². The molecular weight excluding hydrogens is 430 g/mol. The minimum absolute atomic E-state index is 0.229. The minimum atomic E-state index is 0.229. The first kappa shape index (κ1) is 29.5. The van der Waals surface area contributed by atoms with E-state index >= 15 is 0 Å². The summed E-state index contributed by atoms with van der Waals surface area (Å²) < 4.78 is 21.6. The maximum absolute atomic E-state index is 12.7. The molecule has 0 aromatic carbocycles. The van der Waals surface area contributed by atoms with Gasteiger partial charge in [0.05, 0.1) is 39.6 Å². The quantitative estimate of drug-likeness (QED) is 0.113. The van der Waals surface area contributed by atoms with Gasteiger partial charge in [0.15, 0.2) is 0 Å². The summed E-state index contributed by atoms with van der Waals surface area (Å²) in [6.45, 7) is 7.56. The lowest BCUT2D eigenvalue weighted by Crippen LogP contribution is -2.37. The molecule has 2 rings (SSSR count). The van der Waals surface area contributed by atoms with Crippen molar-refractivity contribution in [1.82, 2.24) is 4.90 Å². The molecule has 0 spiro atoms. The van der Waals surface area contributed by atoms with Gasteiger partial charge in [-0.25, -0.2) is 0 Å². The second-order valence-corrected chi connectivity index (χ2v) is 10.1. The van der Waals surface area contributed by atoms with Crippen molar-refractivity contribution in [3.63, 3.8) is 0 Å². The van der Waals surface area contributed by atoms with Crippen LogP contribution in [0.5, 0.6) is 0 Å². The first-order valence-electron chi connectivity index (χ1n) is 14.5. The van der Waals surface area contributed by atoms with Crippen molar-refractivity contribution in [2.24, 2.45) is 0 Å². The largest absolute Gasteiger partial charge is 0.377 e. The summed E-state index contributed by atoms with van der Waals surface area (Å²) in [5.41, 5.74) is 0. The third-order valence-corrected chi connectivity index (χ3v) is 6.77. The number of hydrogen-bond donors (Lipinski definition) is 0. The highest BCUT2D eigenvalue weighted by atomic mass is 16.6. The molecule has 0 aromatic heterocycles. The highest BCUT2D eigenvalue weighted by Crippen LogP contribution is 2.14. The van der Waals surface area contributed by atoms with Crippen LogP contribution in [0.1, 0.15) is 110 Å². The SMILES string of the molecule is CCCCCCCCCCCCCCCCCC(=O)N(CCOCC1CO1)CCOCC1CO1. The van der Waals surface area contributed by atoms with Gasteiger partial charge in [-0.1, -0.05) is 96.8 Å². The van der Waals surface area contributed by atoms with Crippen LogP contribution in [0.15, 0.2) is 0 Å². The summed E-state index contributed by atoms with van der Waals surface area (Å²) in [6.07, 6.45) is 21.3. The van der Waals surface area contributed by atoms with E-state index in [0.29, 0.717) is 45.9 Å². The molecule has 200 valence electrons. The lowest BCUT2D eigenvalue weighted by molar-refractivity contribution is -0.133. The zero-order chi connectivity index (χ0) is 24.1. The van der Waals surface area contributed by atoms with Gasteiger partial charge in [0, 0.05) is 19.5 Å². The third kappa shape index (κ3) is 17.7. The maximum atomic E-state index is 12.7. The Kier molecular flexibility index (Phi) is 17.8. The molecule has 2 saturated heterocycles. The van der Waals surface area contributed by atoms with E-state index in [1.807, 2.05) is 4.90 Å². The van der Waals surface area contributed by atoms with Crippen molar-refractivity contribution in [3.05, 3.63) is 0 Å². The summed E-state index contributed by atoms with van der Waals surface area (Å²) in [6, 6.07) is 0. The molecule has 34 heavy (non-hydrogen) atoms. The lowest BCUT2D eigenvalue weighted by atomic mass is 10.0. The molecule has 2 aliphatic heterocycles. The minimum Gasteiger partial charge on any atom is -0.377 e. The van der Waals surface area contributed by atoms with E-state index < -0.39 is 0 Å². The Bertz CT molecular complexity index is 461. The van der Waals surface area contributed by atoms with Crippen LogP contribution in [0.4, 0.5) is 0 Å². The van der Waals surface area contributed by atoms with Crippen LogP contribution < -0.4 is 0 Å². The van der Waals surface area contributed by atoms with Crippen molar-refractivity contribution in [3.8, 4) is 0 Å². The Balaban J connectivity index is 1.39. The molecule has 6 nitrogen and oxygen atoms in total. The first-order chi connectivity index (χ1) is 16.8. The fourth-order valence-corrected chi connectivity index (χ4v) is 4.27. The first-order valence-corrected chi connectivity index (χ1v) is 14.5. The molecule has 0 aromatic rings. The Hall–Kier alpha value is -0.690. The molecule has 0 saturated carbocycles. The summed E-state index contributed by atoms with van der Waals surface area (Å²) in [5.74, 6) is 0.229. The number of rotatable bonds is 26. The second kappa shape index (κ2) is 20.5. The molecule has 2 fully saturated rings. The fraction of sp³-hybridized carbons (Fsp3) is 0.964. The summed E-state index contributed by atoms with van der Waals surface area (Å²) in [7, 11) is 0. The van der Waals surface area contributed by atoms with Crippen molar-refractivity contribution in [2.45, 2.75) is 122 Å². The van der Waals surface area contributed by atoms with Crippen molar-refractivity contribution in [2.75, 3.05) is 52.7 Å². The molecule has 1 amide bonds. The highest BCUT2D eigenvalue weighted by Gasteiger charge is 2.23. The van der Waals surface area contributed by atoms with Gasteiger partial charge in [0.1, 0.15) is 12.2 Å². The van der Waals surface area contributed by atoms with Crippen LogP contribution in [0.25, 0.3) is 0 Å². The van der Waals surface area contributed by atoms with Gasteiger partial charge in [-0.15, -0.1) is 0 Å². The van der Waals surface area contributed by atoms with Gasteiger partial charge in [-0.3, -0.25) is 4.79 Å². The molecule has 2 heterocycles. The van der Waals surface area contributed by atoms with Gasteiger partial charge in [0.25, 0.3) is 0 Å². The van der Waals surface area contributed by atoms with Crippen molar-refractivity contribution in [1.29, 1.82) is 0 Å². The van der Waals surface area contributed by atoms with E-state index in [1.165, 1.54) is 83.5 Å². The fourth-order valence-electron chi connectivity index (χ4n) is 4.27. The Morgan fingerprint density at radius 2 is 1.06 bits per heavy atom. The topological polar surface area (TPSA) is 63.8 Å². The Labute approximate surface area is 209 Å². The van der Waals surface area contributed by atoms with Gasteiger partial charge in [0.2, 0.25) is 5.91 Å². The zero-order valence-corrected chi connectivity index (χ0v) is 22.1. The van der Waals surface area contributed by atoms with E-state index in [2.05, 4.69) is 6.92 Å². The second-order valence-electron chi connectivity index (χ2n) is 10.1. The van der Waals surface area contributed by atoms with Gasteiger partial charge in [-0.2, -0.15) is 0 Å². The average molecular weight is 484 g/mol. The van der Waals surface area contributed by atoms with Crippen molar-refractivity contribution >= 4 is 5.91 Å². The lowest BCUT2D eigenvalue weighted by Gasteiger charge is -2.22. The van der Waals surface area contributed by atoms with Crippen LogP contribution in [-0.2, 0) is 23.7 Å². The molecule has 0 aliphatic carbocycles. The van der Waals surface area contributed by atoms with Crippen LogP contribution in [0.2, 0.25) is 0 Å². The van der Waals surface area contributed by atoms with Crippen LogP contribution >= 0.6 is 0 Å².